The number of hydrogen-bond acceptors (Lipinski definition) is 5. The maximum absolute atomic E-state index is 12.8. The van der Waals surface area contributed by atoms with Crippen LogP contribution >= 0.6 is 0 Å². The van der Waals surface area contributed by atoms with Crippen LogP contribution in [0.3, 0.4) is 0 Å². The second-order valence-electron chi connectivity index (χ2n) is 9.69. The third-order valence-corrected chi connectivity index (χ3v) is 8.79. The highest BCUT2D eigenvalue weighted by Crippen LogP contribution is 2.34. The maximum Gasteiger partial charge on any atom is 0.407 e. The zero-order valence-corrected chi connectivity index (χ0v) is 21.5. The molecule has 36 heavy (non-hydrogen) atoms. The van der Waals surface area contributed by atoms with Crippen LogP contribution in [-0.4, -0.2) is 68.7 Å². The van der Waals surface area contributed by atoms with Gasteiger partial charge < -0.3 is 19.5 Å². The Bertz CT molecular complexity index is 1090. The van der Waals surface area contributed by atoms with Crippen LogP contribution in [0.25, 0.3) is 0 Å². The topological polar surface area (TPSA) is 105 Å². The van der Waals surface area contributed by atoms with E-state index in [9.17, 15) is 18.3 Å². The van der Waals surface area contributed by atoms with E-state index >= 15 is 0 Å². The first kappa shape index (κ1) is 26.4. The van der Waals surface area contributed by atoms with Crippen molar-refractivity contribution in [1.82, 2.24) is 9.62 Å². The van der Waals surface area contributed by atoms with Crippen molar-refractivity contribution >= 4 is 16.1 Å². The first-order valence-electron chi connectivity index (χ1n) is 12.6. The van der Waals surface area contributed by atoms with E-state index in [1.54, 1.807) is 19.2 Å². The van der Waals surface area contributed by atoms with Crippen LogP contribution < -0.4 is 9.46 Å². The molecule has 1 aliphatic carbocycles. The SMILES string of the molecule is COc1ccc(CCS(=O)(=O)N[C@@H]2CCN(C(=O)O)[C@@H]2COC2CCC(c3ccccc3)CC2)cc1. The molecule has 4 rings (SSSR count). The van der Waals surface area contributed by atoms with Crippen molar-refractivity contribution in [2.24, 2.45) is 0 Å². The van der Waals surface area contributed by atoms with Gasteiger partial charge in [-0.15, -0.1) is 0 Å². The summed E-state index contributed by atoms with van der Waals surface area (Å²) < 4.78 is 39.8. The smallest absolute Gasteiger partial charge is 0.407 e. The number of carboxylic acid groups (broad SMARTS) is 1. The van der Waals surface area contributed by atoms with Crippen molar-refractivity contribution in [1.29, 1.82) is 0 Å². The highest BCUT2D eigenvalue weighted by atomic mass is 32.2. The fourth-order valence-electron chi connectivity index (χ4n) is 5.29. The predicted octanol–water partition coefficient (Wildman–Crippen LogP) is 4.02. The Balaban J connectivity index is 1.30. The number of nitrogens with one attached hydrogen (secondary N) is 1. The van der Waals surface area contributed by atoms with E-state index in [4.69, 9.17) is 9.47 Å². The summed E-state index contributed by atoms with van der Waals surface area (Å²) in [6.07, 6.45) is 3.70. The standard InChI is InChI=1S/C27H36N2O6S/c1-34-23-11-7-20(8-12-23)16-18-36(32,33)28-25-15-17-29(27(30)31)26(25)19-35-24-13-9-22(10-14-24)21-5-3-2-4-6-21/h2-8,11-12,22,24-26,28H,9-10,13-19H2,1H3,(H,30,31)/t22?,24?,25-,26-/m1/s1. The van der Waals surface area contributed by atoms with Crippen LogP contribution in [-0.2, 0) is 21.2 Å². The van der Waals surface area contributed by atoms with Crippen LogP contribution in [0.2, 0.25) is 0 Å². The molecule has 0 aromatic heterocycles. The molecule has 9 heteroatoms. The molecule has 0 bridgehead atoms. The molecule has 196 valence electrons. The van der Waals surface area contributed by atoms with E-state index in [0.29, 0.717) is 18.8 Å². The van der Waals surface area contributed by atoms with Gasteiger partial charge in [-0.25, -0.2) is 17.9 Å². The molecule has 0 spiro atoms. The van der Waals surface area contributed by atoms with E-state index in [1.165, 1.54) is 10.5 Å². The zero-order chi connectivity index (χ0) is 25.5. The molecule has 1 saturated carbocycles. The van der Waals surface area contributed by atoms with E-state index in [2.05, 4.69) is 29.0 Å². The lowest BCUT2D eigenvalue weighted by molar-refractivity contribution is -0.00402. The van der Waals surface area contributed by atoms with Gasteiger partial charge in [-0.3, -0.25) is 0 Å². The molecule has 1 heterocycles. The van der Waals surface area contributed by atoms with Crippen molar-refractivity contribution in [3.05, 3.63) is 65.7 Å². The van der Waals surface area contributed by atoms with Gasteiger partial charge in [-0.1, -0.05) is 42.5 Å². The van der Waals surface area contributed by atoms with E-state index in [1.807, 2.05) is 18.2 Å². The van der Waals surface area contributed by atoms with Crippen molar-refractivity contribution in [3.63, 3.8) is 0 Å². The van der Waals surface area contributed by atoms with Gasteiger partial charge in [0.05, 0.1) is 31.6 Å². The normalized spacial score (nSPS) is 24.5. The Morgan fingerprint density at radius 3 is 2.36 bits per heavy atom. The molecule has 2 atom stereocenters. The fourth-order valence-corrected chi connectivity index (χ4v) is 6.65. The second kappa shape index (κ2) is 12.1. The second-order valence-corrected chi connectivity index (χ2v) is 11.6. The molecule has 1 amide bonds. The van der Waals surface area contributed by atoms with E-state index in [0.717, 1.165) is 37.0 Å². The molecule has 2 aliphatic rings. The summed E-state index contributed by atoms with van der Waals surface area (Å²) in [5.74, 6) is 1.18. The van der Waals surface area contributed by atoms with Gasteiger partial charge in [0.15, 0.2) is 0 Å². The van der Waals surface area contributed by atoms with Gasteiger partial charge in [0.25, 0.3) is 0 Å². The number of carbonyl (C=O) groups is 1. The average Bonchev–Trinajstić information content (AvgIpc) is 3.29. The Labute approximate surface area is 213 Å². The van der Waals surface area contributed by atoms with Crippen LogP contribution in [0.4, 0.5) is 4.79 Å². The molecule has 8 nitrogen and oxygen atoms in total. The summed E-state index contributed by atoms with van der Waals surface area (Å²) >= 11 is 0. The number of amides is 1. The fraction of sp³-hybridized carbons (Fsp3) is 0.519. The first-order valence-corrected chi connectivity index (χ1v) is 14.3. The van der Waals surface area contributed by atoms with E-state index < -0.39 is 28.2 Å². The molecule has 1 aliphatic heterocycles. The van der Waals surface area contributed by atoms with Gasteiger partial charge >= 0.3 is 6.09 Å². The highest BCUT2D eigenvalue weighted by Gasteiger charge is 2.40. The predicted molar refractivity (Wildman–Crippen MR) is 138 cm³/mol. The largest absolute Gasteiger partial charge is 0.497 e. The van der Waals surface area contributed by atoms with Crippen LogP contribution in [0, 0.1) is 0 Å². The highest BCUT2D eigenvalue weighted by molar-refractivity contribution is 7.89. The number of benzene rings is 2. The molecule has 2 N–H and O–H groups in total. The molecule has 2 aromatic rings. The number of sulfonamides is 1. The van der Waals surface area contributed by atoms with Crippen LogP contribution in [0.1, 0.15) is 49.1 Å². The Morgan fingerprint density at radius 2 is 1.72 bits per heavy atom. The Kier molecular flexibility index (Phi) is 8.87. The Hall–Kier alpha value is -2.62. The molecule has 0 radical (unpaired) electrons. The summed E-state index contributed by atoms with van der Waals surface area (Å²) in [4.78, 5) is 13.1. The monoisotopic (exact) mass is 516 g/mol. The third-order valence-electron chi connectivity index (χ3n) is 7.39. The summed E-state index contributed by atoms with van der Waals surface area (Å²) in [7, 11) is -2.01. The van der Waals surface area contributed by atoms with Crippen molar-refractivity contribution in [2.45, 2.75) is 62.6 Å². The van der Waals surface area contributed by atoms with Crippen LogP contribution in [0.5, 0.6) is 5.75 Å². The molecular formula is C27H36N2O6S. The average molecular weight is 517 g/mol. The minimum absolute atomic E-state index is 0.0635. The molecule has 1 saturated heterocycles. The lowest BCUT2D eigenvalue weighted by Gasteiger charge is -2.32. The molecule has 2 aromatic carbocycles. The minimum atomic E-state index is -3.60. The number of hydrogen-bond donors (Lipinski definition) is 2. The lowest BCUT2D eigenvalue weighted by Crippen LogP contribution is -2.49. The van der Waals surface area contributed by atoms with E-state index in [-0.39, 0.29) is 25.0 Å². The molecule has 2 fully saturated rings. The number of ether oxygens (including phenoxy) is 2. The minimum Gasteiger partial charge on any atom is -0.497 e. The van der Waals surface area contributed by atoms with Gasteiger partial charge in [0.1, 0.15) is 5.75 Å². The molecular weight excluding hydrogens is 480 g/mol. The maximum atomic E-state index is 12.8. The Morgan fingerprint density at radius 1 is 1.03 bits per heavy atom. The first-order chi connectivity index (χ1) is 17.3. The van der Waals surface area contributed by atoms with Gasteiger partial charge in [-0.05, 0) is 67.7 Å². The number of likely N-dealkylation sites (tertiary alicyclic amines) is 1. The third kappa shape index (κ3) is 6.99. The summed E-state index contributed by atoms with van der Waals surface area (Å²) in [6.45, 7) is 0.481. The lowest BCUT2D eigenvalue weighted by atomic mass is 9.83. The number of methoxy groups -OCH3 is 1. The van der Waals surface area contributed by atoms with Gasteiger partial charge in [-0.2, -0.15) is 0 Å². The summed E-state index contributed by atoms with van der Waals surface area (Å²) in [5, 5.41) is 9.68. The number of rotatable bonds is 10. The molecule has 0 unspecified atom stereocenters. The zero-order valence-electron chi connectivity index (χ0n) is 20.7. The van der Waals surface area contributed by atoms with Gasteiger partial charge in [0, 0.05) is 12.6 Å². The van der Waals surface area contributed by atoms with Crippen molar-refractivity contribution in [3.8, 4) is 5.75 Å². The van der Waals surface area contributed by atoms with Crippen molar-refractivity contribution < 1.29 is 27.8 Å². The number of aryl methyl sites for hydroxylation is 1. The summed E-state index contributed by atoms with van der Waals surface area (Å²) in [6, 6.07) is 16.8. The van der Waals surface area contributed by atoms with Crippen LogP contribution in [0.15, 0.2) is 54.6 Å². The van der Waals surface area contributed by atoms with Crippen molar-refractivity contribution in [2.75, 3.05) is 26.0 Å². The summed E-state index contributed by atoms with van der Waals surface area (Å²) in [5.41, 5.74) is 2.25. The number of nitrogens with zero attached hydrogens (tertiary/aromatic N) is 1. The van der Waals surface area contributed by atoms with Gasteiger partial charge in [0.2, 0.25) is 10.0 Å². The quantitative estimate of drug-likeness (QED) is 0.494.